The number of nitrogens with one attached hydrogen (secondary N) is 1. The van der Waals surface area contributed by atoms with Crippen molar-refractivity contribution in [3.05, 3.63) is 58.6 Å². The normalized spacial score (nSPS) is 10.6. The van der Waals surface area contributed by atoms with E-state index in [4.69, 9.17) is 0 Å². The Kier molecular flexibility index (Phi) is 3.82. The largest absolute Gasteiger partial charge is 0.383 e. The van der Waals surface area contributed by atoms with Crippen molar-refractivity contribution in [2.75, 3.05) is 12.4 Å². The highest BCUT2D eigenvalue weighted by Crippen LogP contribution is 2.29. The number of benzene rings is 2. The third-order valence-electron chi connectivity index (χ3n) is 2.48. The summed E-state index contributed by atoms with van der Waals surface area (Å²) in [5, 5.41) is 21.7. The van der Waals surface area contributed by atoms with E-state index in [9.17, 15) is 10.1 Å². The smallest absolute Gasteiger partial charge is 0.292 e. The van der Waals surface area contributed by atoms with Crippen LogP contribution in [0.3, 0.4) is 0 Å². The molecule has 0 aliphatic carbocycles. The Hall–Kier alpha value is -2.76. The van der Waals surface area contributed by atoms with E-state index in [1.807, 2.05) is 30.3 Å². The topological polar surface area (TPSA) is 79.9 Å². The number of nitrogens with zero attached hydrogens (tertiary/aromatic N) is 3. The number of nitro benzene ring substituents is 1. The highest BCUT2D eigenvalue weighted by Gasteiger charge is 2.12. The highest BCUT2D eigenvalue weighted by atomic mass is 16.6. The van der Waals surface area contributed by atoms with Gasteiger partial charge in [-0.05, 0) is 24.3 Å². The van der Waals surface area contributed by atoms with Crippen molar-refractivity contribution < 1.29 is 4.92 Å². The summed E-state index contributed by atoms with van der Waals surface area (Å²) in [4.78, 5) is 10.3. The van der Waals surface area contributed by atoms with Crippen molar-refractivity contribution in [1.82, 2.24) is 0 Å². The molecule has 0 saturated heterocycles. The Morgan fingerprint density at radius 2 is 1.74 bits per heavy atom. The van der Waals surface area contributed by atoms with E-state index in [1.165, 1.54) is 6.07 Å². The first kappa shape index (κ1) is 12.7. The molecule has 0 fully saturated rings. The van der Waals surface area contributed by atoms with Gasteiger partial charge in [-0.2, -0.15) is 10.2 Å². The fourth-order valence-electron chi connectivity index (χ4n) is 1.56. The van der Waals surface area contributed by atoms with Crippen molar-refractivity contribution in [2.45, 2.75) is 0 Å². The number of hydrogen-bond donors (Lipinski definition) is 1. The van der Waals surface area contributed by atoms with Crippen LogP contribution in [0.5, 0.6) is 0 Å². The molecule has 0 unspecified atom stereocenters. The maximum absolute atomic E-state index is 10.8. The van der Waals surface area contributed by atoms with Crippen LogP contribution in [-0.2, 0) is 0 Å². The fourth-order valence-corrected chi connectivity index (χ4v) is 1.56. The van der Waals surface area contributed by atoms with E-state index in [0.29, 0.717) is 11.4 Å². The number of hydrogen-bond acceptors (Lipinski definition) is 5. The van der Waals surface area contributed by atoms with Crippen LogP contribution in [0.2, 0.25) is 0 Å². The van der Waals surface area contributed by atoms with Gasteiger partial charge in [0.2, 0.25) is 0 Å². The van der Waals surface area contributed by atoms with E-state index in [0.717, 1.165) is 5.69 Å². The predicted molar refractivity (Wildman–Crippen MR) is 73.3 cm³/mol. The van der Waals surface area contributed by atoms with Crippen molar-refractivity contribution in [3.8, 4) is 0 Å². The molecule has 0 aliphatic heterocycles. The molecule has 1 N–H and O–H groups in total. The molecule has 6 heteroatoms. The van der Waals surface area contributed by atoms with E-state index in [2.05, 4.69) is 15.5 Å². The Bertz CT molecular complexity index is 611. The summed E-state index contributed by atoms with van der Waals surface area (Å²) >= 11 is 0. The molecular weight excluding hydrogens is 244 g/mol. The quantitative estimate of drug-likeness (QED) is 0.509. The van der Waals surface area contributed by atoms with Crippen molar-refractivity contribution >= 4 is 22.7 Å². The molecule has 19 heavy (non-hydrogen) atoms. The first-order valence-corrected chi connectivity index (χ1v) is 5.63. The molecule has 6 nitrogen and oxygen atoms in total. The summed E-state index contributed by atoms with van der Waals surface area (Å²) in [6, 6.07) is 13.8. The zero-order chi connectivity index (χ0) is 13.7. The van der Waals surface area contributed by atoms with Gasteiger partial charge in [-0.25, -0.2) is 0 Å². The van der Waals surface area contributed by atoms with Gasteiger partial charge in [-0.1, -0.05) is 18.2 Å². The third kappa shape index (κ3) is 3.12. The number of anilines is 1. The lowest BCUT2D eigenvalue weighted by atomic mass is 10.2. The standard InChI is InChI=1S/C13H12N4O2/c1-14-12-9-11(7-8-13(12)17(18)19)16-15-10-5-3-2-4-6-10/h2-9,14H,1H3/b16-15+. The Morgan fingerprint density at radius 1 is 1.05 bits per heavy atom. The van der Waals surface area contributed by atoms with Gasteiger partial charge in [0.15, 0.2) is 0 Å². The zero-order valence-corrected chi connectivity index (χ0v) is 10.3. The van der Waals surface area contributed by atoms with Crippen LogP contribution in [0.4, 0.5) is 22.7 Å². The molecule has 0 atom stereocenters. The van der Waals surface area contributed by atoms with Crippen molar-refractivity contribution in [3.63, 3.8) is 0 Å². The predicted octanol–water partition coefficient (Wildman–Crippen LogP) is 4.05. The average Bonchev–Trinajstić information content (AvgIpc) is 2.45. The van der Waals surface area contributed by atoms with E-state index in [-0.39, 0.29) is 5.69 Å². The number of azo groups is 1. The van der Waals surface area contributed by atoms with E-state index < -0.39 is 4.92 Å². The summed E-state index contributed by atoms with van der Waals surface area (Å²) in [6.07, 6.45) is 0. The van der Waals surface area contributed by atoms with Gasteiger partial charge < -0.3 is 5.32 Å². The summed E-state index contributed by atoms with van der Waals surface area (Å²) in [6.45, 7) is 0. The molecule has 0 spiro atoms. The monoisotopic (exact) mass is 256 g/mol. The lowest BCUT2D eigenvalue weighted by Gasteiger charge is -2.02. The van der Waals surface area contributed by atoms with E-state index in [1.54, 1.807) is 19.2 Å². The van der Waals surface area contributed by atoms with Gasteiger partial charge >= 0.3 is 0 Å². The maximum Gasteiger partial charge on any atom is 0.292 e. The third-order valence-corrected chi connectivity index (χ3v) is 2.48. The van der Waals surface area contributed by atoms with Crippen molar-refractivity contribution in [2.24, 2.45) is 10.2 Å². The van der Waals surface area contributed by atoms with Crippen LogP contribution in [0.1, 0.15) is 0 Å². The van der Waals surface area contributed by atoms with Gasteiger partial charge in [0.25, 0.3) is 5.69 Å². The second kappa shape index (κ2) is 5.72. The first-order valence-electron chi connectivity index (χ1n) is 5.63. The van der Waals surface area contributed by atoms with Gasteiger partial charge in [-0.3, -0.25) is 10.1 Å². The van der Waals surface area contributed by atoms with Crippen molar-refractivity contribution in [1.29, 1.82) is 0 Å². The Morgan fingerprint density at radius 3 is 2.37 bits per heavy atom. The lowest BCUT2D eigenvalue weighted by Crippen LogP contribution is -1.95. The molecule has 0 bridgehead atoms. The fraction of sp³-hybridized carbons (Fsp3) is 0.0769. The molecule has 0 saturated carbocycles. The van der Waals surface area contributed by atoms with E-state index >= 15 is 0 Å². The molecule has 96 valence electrons. The molecule has 2 aromatic carbocycles. The Labute approximate surface area is 110 Å². The van der Waals surface area contributed by atoms with Gasteiger partial charge in [0.1, 0.15) is 5.69 Å². The second-order valence-electron chi connectivity index (χ2n) is 3.74. The molecular formula is C13H12N4O2. The average molecular weight is 256 g/mol. The zero-order valence-electron chi connectivity index (χ0n) is 10.3. The summed E-state index contributed by atoms with van der Waals surface area (Å²) in [7, 11) is 1.63. The van der Waals surface area contributed by atoms with Crippen LogP contribution < -0.4 is 5.32 Å². The molecule has 2 aromatic rings. The van der Waals surface area contributed by atoms with Crippen LogP contribution >= 0.6 is 0 Å². The molecule has 2 rings (SSSR count). The van der Waals surface area contributed by atoms with Crippen LogP contribution in [-0.4, -0.2) is 12.0 Å². The van der Waals surface area contributed by atoms with Crippen LogP contribution in [0.15, 0.2) is 58.8 Å². The maximum atomic E-state index is 10.8. The number of nitro groups is 1. The minimum Gasteiger partial charge on any atom is -0.383 e. The lowest BCUT2D eigenvalue weighted by molar-refractivity contribution is -0.383. The number of rotatable bonds is 4. The SMILES string of the molecule is CNc1cc(/N=N/c2ccccc2)ccc1[N+](=O)[O-]. The van der Waals surface area contributed by atoms with Gasteiger partial charge in [0.05, 0.1) is 16.3 Å². The summed E-state index contributed by atoms with van der Waals surface area (Å²) in [5.41, 5.74) is 1.71. The second-order valence-corrected chi connectivity index (χ2v) is 3.74. The van der Waals surface area contributed by atoms with Crippen LogP contribution in [0, 0.1) is 10.1 Å². The molecule has 0 aliphatic rings. The highest BCUT2D eigenvalue weighted by molar-refractivity contribution is 5.66. The van der Waals surface area contributed by atoms with Gasteiger partial charge in [-0.15, -0.1) is 0 Å². The molecule has 0 amide bonds. The van der Waals surface area contributed by atoms with Gasteiger partial charge in [0, 0.05) is 13.1 Å². The minimum atomic E-state index is -0.441. The molecule has 0 radical (unpaired) electrons. The first-order chi connectivity index (χ1) is 9.20. The Balaban J connectivity index is 2.27. The summed E-state index contributed by atoms with van der Waals surface area (Å²) in [5.74, 6) is 0. The minimum absolute atomic E-state index is 0.0150. The van der Waals surface area contributed by atoms with Crippen LogP contribution in [0.25, 0.3) is 0 Å². The summed E-state index contributed by atoms with van der Waals surface area (Å²) < 4.78 is 0. The molecule has 0 heterocycles. The molecule has 0 aromatic heterocycles.